The number of phenolic OH excluding ortho intramolecular Hbond substituents is 1. The molecule has 5 unspecified atom stereocenters. The Balaban J connectivity index is 2.97. The molecule has 0 saturated heterocycles. The van der Waals surface area contributed by atoms with Crippen molar-refractivity contribution < 1.29 is 39.6 Å². The van der Waals surface area contributed by atoms with Crippen LogP contribution in [-0.4, -0.2) is 93.5 Å². The molecule has 0 aliphatic rings. The Morgan fingerprint density at radius 1 is 0.973 bits per heavy atom. The van der Waals surface area contributed by atoms with Gasteiger partial charge >= 0.3 is 5.97 Å². The summed E-state index contributed by atoms with van der Waals surface area (Å²) < 4.78 is 0. The first-order chi connectivity index (χ1) is 17.3. The molecule has 206 valence electrons. The molecule has 15 nitrogen and oxygen atoms in total. The van der Waals surface area contributed by atoms with Crippen LogP contribution in [0.2, 0.25) is 0 Å². The molecule has 1 rings (SSSR count). The van der Waals surface area contributed by atoms with Gasteiger partial charge in [-0.3, -0.25) is 19.4 Å². The van der Waals surface area contributed by atoms with Crippen LogP contribution in [0.25, 0.3) is 0 Å². The molecule has 0 bridgehead atoms. The Morgan fingerprint density at radius 3 is 2.08 bits per heavy atom. The van der Waals surface area contributed by atoms with Crippen molar-refractivity contribution in [1.29, 1.82) is 0 Å². The molecule has 1 aromatic rings. The van der Waals surface area contributed by atoms with Crippen molar-refractivity contribution in [2.45, 2.75) is 56.5 Å². The molecule has 0 aromatic heterocycles. The first-order valence-corrected chi connectivity index (χ1v) is 11.4. The summed E-state index contributed by atoms with van der Waals surface area (Å²) in [4.78, 5) is 53.1. The number of aliphatic imine (C=N–C) groups is 1. The summed E-state index contributed by atoms with van der Waals surface area (Å²) in [5, 5.41) is 44.3. The summed E-state index contributed by atoms with van der Waals surface area (Å²) in [5.74, 6) is -4.22. The van der Waals surface area contributed by atoms with Gasteiger partial charge in [0.2, 0.25) is 17.7 Å². The highest BCUT2D eigenvalue weighted by Gasteiger charge is 2.32. The number of nitrogens with one attached hydrogen (secondary N) is 3. The lowest BCUT2D eigenvalue weighted by Gasteiger charge is -2.26. The zero-order valence-electron chi connectivity index (χ0n) is 20.3. The number of aromatic hydroxyl groups is 1. The lowest BCUT2D eigenvalue weighted by Crippen LogP contribution is -2.60. The summed E-state index contributed by atoms with van der Waals surface area (Å²) in [7, 11) is 0. The third-order valence-electron chi connectivity index (χ3n) is 5.17. The number of amides is 3. The van der Waals surface area contributed by atoms with E-state index in [1.54, 1.807) is 12.1 Å². The number of rotatable bonds is 15. The van der Waals surface area contributed by atoms with E-state index in [4.69, 9.17) is 27.4 Å². The number of carboxylic acid groups (broad SMARTS) is 1. The van der Waals surface area contributed by atoms with E-state index in [1.165, 1.54) is 19.1 Å². The Labute approximate surface area is 213 Å². The van der Waals surface area contributed by atoms with Gasteiger partial charge in [-0.1, -0.05) is 12.1 Å². The van der Waals surface area contributed by atoms with Gasteiger partial charge in [0, 0.05) is 6.54 Å². The van der Waals surface area contributed by atoms with Crippen molar-refractivity contribution in [2.24, 2.45) is 22.2 Å². The molecule has 0 spiro atoms. The van der Waals surface area contributed by atoms with Crippen molar-refractivity contribution in [3.8, 4) is 5.75 Å². The van der Waals surface area contributed by atoms with E-state index in [0.717, 1.165) is 0 Å². The van der Waals surface area contributed by atoms with E-state index in [-0.39, 0.29) is 37.5 Å². The topological polar surface area (TPSA) is 276 Å². The Kier molecular flexibility index (Phi) is 12.8. The number of aliphatic carboxylic acids is 1. The smallest absolute Gasteiger partial charge is 0.328 e. The first kappa shape index (κ1) is 31.1. The van der Waals surface area contributed by atoms with E-state index in [1.807, 2.05) is 5.32 Å². The number of nitrogens with zero attached hydrogens (tertiary/aromatic N) is 1. The normalized spacial score (nSPS) is 14.8. The number of aliphatic hydroxyl groups excluding tert-OH is 2. The molecule has 5 atom stereocenters. The number of carboxylic acids is 1. The third-order valence-corrected chi connectivity index (χ3v) is 5.17. The SMILES string of the molecule is CC(O)C(NC(=O)C(CCCN=C(N)N)NC(=O)C(N)Cc1ccc(O)cc1)C(=O)NC(CO)C(=O)O. The lowest BCUT2D eigenvalue weighted by molar-refractivity contribution is -0.144. The fourth-order valence-corrected chi connectivity index (χ4v) is 3.14. The van der Waals surface area contributed by atoms with Crippen LogP contribution >= 0.6 is 0 Å². The summed E-state index contributed by atoms with van der Waals surface area (Å²) in [5.41, 5.74) is 17.2. The number of guanidine groups is 1. The van der Waals surface area contributed by atoms with Crippen molar-refractivity contribution in [2.75, 3.05) is 13.2 Å². The third kappa shape index (κ3) is 11.1. The largest absolute Gasteiger partial charge is 0.508 e. The molecule has 15 heteroatoms. The monoisotopic (exact) mass is 525 g/mol. The maximum atomic E-state index is 13.0. The van der Waals surface area contributed by atoms with Gasteiger partial charge in [-0.05, 0) is 43.9 Å². The van der Waals surface area contributed by atoms with Gasteiger partial charge in [0.15, 0.2) is 5.96 Å². The molecular weight excluding hydrogens is 490 g/mol. The van der Waals surface area contributed by atoms with Gasteiger partial charge in [0.05, 0.1) is 18.8 Å². The lowest BCUT2D eigenvalue weighted by atomic mass is 10.0. The van der Waals surface area contributed by atoms with Gasteiger partial charge in [0.25, 0.3) is 0 Å². The molecular formula is C22H35N7O8. The molecule has 0 fully saturated rings. The highest BCUT2D eigenvalue weighted by Crippen LogP contribution is 2.11. The molecule has 13 N–H and O–H groups in total. The van der Waals surface area contributed by atoms with Crippen LogP contribution in [0.4, 0.5) is 0 Å². The van der Waals surface area contributed by atoms with E-state index >= 15 is 0 Å². The summed E-state index contributed by atoms with van der Waals surface area (Å²) >= 11 is 0. The van der Waals surface area contributed by atoms with Crippen LogP contribution in [0.1, 0.15) is 25.3 Å². The van der Waals surface area contributed by atoms with E-state index in [2.05, 4.69) is 15.6 Å². The van der Waals surface area contributed by atoms with Gasteiger partial charge in [-0.15, -0.1) is 0 Å². The Bertz CT molecular complexity index is 951. The number of phenols is 1. The van der Waals surface area contributed by atoms with Crippen LogP contribution in [-0.2, 0) is 25.6 Å². The predicted molar refractivity (Wildman–Crippen MR) is 132 cm³/mol. The molecule has 3 amide bonds. The molecule has 0 saturated carbocycles. The highest BCUT2D eigenvalue weighted by atomic mass is 16.4. The second-order valence-electron chi connectivity index (χ2n) is 8.30. The standard InChI is InChI=1S/C22H35N7O8/c1-11(31)17(20(35)28-16(10-30)21(36)37)29-19(34)15(3-2-8-26-22(24)25)27-18(33)14(23)9-12-4-6-13(32)7-5-12/h4-7,11,14-17,30-32H,2-3,8-10,23H2,1H3,(H,27,33)(H,28,35)(H,29,34)(H,36,37)(H4,24,25,26). The minimum atomic E-state index is -1.65. The molecule has 0 radical (unpaired) electrons. The summed E-state index contributed by atoms with van der Waals surface area (Å²) in [6.45, 7) is 0.418. The van der Waals surface area contributed by atoms with Crippen molar-refractivity contribution in [3.63, 3.8) is 0 Å². The zero-order chi connectivity index (χ0) is 28.1. The first-order valence-electron chi connectivity index (χ1n) is 11.4. The van der Waals surface area contributed by atoms with Crippen molar-refractivity contribution in [3.05, 3.63) is 29.8 Å². The highest BCUT2D eigenvalue weighted by molar-refractivity contribution is 5.94. The number of carbonyl (C=O) groups is 4. The average Bonchev–Trinajstić information content (AvgIpc) is 2.83. The zero-order valence-corrected chi connectivity index (χ0v) is 20.3. The van der Waals surface area contributed by atoms with Crippen LogP contribution in [0.3, 0.4) is 0 Å². The predicted octanol–water partition coefficient (Wildman–Crippen LogP) is -3.77. The van der Waals surface area contributed by atoms with Crippen molar-refractivity contribution >= 4 is 29.7 Å². The average molecular weight is 526 g/mol. The number of carbonyl (C=O) groups excluding carboxylic acids is 3. The summed E-state index contributed by atoms with van der Waals surface area (Å²) in [6.07, 6.45) is -1.07. The number of benzene rings is 1. The number of aliphatic hydroxyl groups is 2. The Hall–Kier alpha value is -3.95. The second kappa shape index (κ2) is 15.2. The molecule has 0 aliphatic carbocycles. The fraction of sp³-hybridized carbons (Fsp3) is 0.500. The Morgan fingerprint density at radius 2 is 1.57 bits per heavy atom. The quantitative estimate of drug-likeness (QED) is 0.0602. The second-order valence-corrected chi connectivity index (χ2v) is 8.30. The van der Waals surface area contributed by atoms with Crippen LogP contribution in [0.5, 0.6) is 5.75 Å². The van der Waals surface area contributed by atoms with Crippen LogP contribution < -0.4 is 33.2 Å². The van der Waals surface area contributed by atoms with Gasteiger partial charge < -0.3 is 53.6 Å². The molecule has 0 aliphatic heterocycles. The summed E-state index contributed by atoms with van der Waals surface area (Å²) in [6, 6.07) is 0.528. The minimum absolute atomic E-state index is 0.0306. The maximum Gasteiger partial charge on any atom is 0.328 e. The van der Waals surface area contributed by atoms with Crippen LogP contribution in [0.15, 0.2) is 29.3 Å². The molecule has 1 aromatic carbocycles. The van der Waals surface area contributed by atoms with Crippen LogP contribution in [0, 0.1) is 0 Å². The van der Waals surface area contributed by atoms with Gasteiger partial charge in [-0.2, -0.15) is 0 Å². The maximum absolute atomic E-state index is 13.0. The number of hydrogen-bond acceptors (Lipinski definition) is 9. The molecule has 0 heterocycles. The number of hydrogen-bond donors (Lipinski definition) is 10. The fourth-order valence-electron chi connectivity index (χ4n) is 3.14. The van der Waals surface area contributed by atoms with E-state index in [9.17, 15) is 29.4 Å². The minimum Gasteiger partial charge on any atom is -0.508 e. The van der Waals surface area contributed by atoms with Gasteiger partial charge in [0.1, 0.15) is 23.9 Å². The van der Waals surface area contributed by atoms with Gasteiger partial charge in [-0.25, -0.2) is 4.79 Å². The molecule has 37 heavy (non-hydrogen) atoms. The van der Waals surface area contributed by atoms with E-state index in [0.29, 0.717) is 5.56 Å². The van der Waals surface area contributed by atoms with Crippen molar-refractivity contribution in [1.82, 2.24) is 16.0 Å². The number of nitrogens with two attached hydrogens (primary N) is 3. The van der Waals surface area contributed by atoms with E-state index < -0.39 is 60.6 Å².